The van der Waals surface area contributed by atoms with Crippen LogP contribution in [-0.4, -0.2) is 42.4 Å². The first-order chi connectivity index (χ1) is 7.13. The van der Waals surface area contributed by atoms with Crippen molar-refractivity contribution >= 4 is 17.5 Å². The number of nitrogens with one attached hydrogen (secondary N) is 1. The first-order valence-electron chi connectivity index (χ1n) is 5.77. The SMILES string of the molecule is CCN1CCCC(CNC(=O)C(C)Cl)C1. The molecule has 0 aliphatic carbocycles. The number of alkyl halides is 1. The number of piperidine rings is 1. The summed E-state index contributed by atoms with van der Waals surface area (Å²) in [6, 6.07) is 0. The minimum atomic E-state index is -0.420. The molecule has 1 heterocycles. The Labute approximate surface area is 97.2 Å². The van der Waals surface area contributed by atoms with Crippen LogP contribution in [0, 0.1) is 5.92 Å². The molecule has 1 aliphatic heterocycles. The Balaban J connectivity index is 2.23. The van der Waals surface area contributed by atoms with E-state index in [9.17, 15) is 4.79 Å². The number of nitrogens with zero attached hydrogens (tertiary/aromatic N) is 1. The van der Waals surface area contributed by atoms with E-state index < -0.39 is 5.38 Å². The highest BCUT2D eigenvalue weighted by molar-refractivity contribution is 6.30. The molecule has 1 fully saturated rings. The van der Waals surface area contributed by atoms with E-state index in [1.165, 1.54) is 19.4 Å². The predicted octanol–water partition coefficient (Wildman–Crippen LogP) is 1.46. The summed E-state index contributed by atoms with van der Waals surface area (Å²) in [5.74, 6) is 0.545. The molecule has 2 atom stereocenters. The molecule has 1 aliphatic rings. The molecule has 1 saturated heterocycles. The number of halogens is 1. The van der Waals surface area contributed by atoms with Crippen LogP contribution in [0.4, 0.5) is 0 Å². The second kappa shape index (κ2) is 6.33. The molecule has 0 bridgehead atoms. The highest BCUT2D eigenvalue weighted by atomic mass is 35.5. The van der Waals surface area contributed by atoms with E-state index in [1.54, 1.807) is 6.92 Å². The van der Waals surface area contributed by atoms with E-state index in [0.29, 0.717) is 5.92 Å². The summed E-state index contributed by atoms with van der Waals surface area (Å²) in [4.78, 5) is 13.7. The van der Waals surface area contributed by atoms with Crippen LogP contribution >= 0.6 is 11.6 Å². The van der Waals surface area contributed by atoms with Gasteiger partial charge in [-0.15, -0.1) is 11.6 Å². The van der Waals surface area contributed by atoms with Crippen molar-refractivity contribution in [1.29, 1.82) is 0 Å². The van der Waals surface area contributed by atoms with Crippen molar-refractivity contribution in [3.63, 3.8) is 0 Å². The minimum Gasteiger partial charge on any atom is -0.355 e. The maximum atomic E-state index is 11.3. The maximum Gasteiger partial charge on any atom is 0.237 e. The second-order valence-electron chi connectivity index (χ2n) is 4.26. The average molecular weight is 233 g/mol. The van der Waals surface area contributed by atoms with Crippen LogP contribution in [0.25, 0.3) is 0 Å². The van der Waals surface area contributed by atoms with Gasteiger partial charge < -0.3 is 10.2 Å². The van der Waals surface area contributed by atoms with Crippen LogP contribution in [0.2, 0.25) is 0 Å². The van der Waals surface area contributed by atoms with Crippen molar-refractivity contribution in [2.45, 2.75) is 32.1 Å². The van der Waals surface area contributed by atoms with Gasteiger partial charge in [-0.05, 0) is 38.8 Å². The molecule has 0 aromatic rings. The molecule has 0 radical (unpaired) electrons. The molecule has 0 aromatic carbocycles. The summed E-state index contributed by atoms with van der Waals surface area (Å²) in [7, 11) is 0. The first-order valence-corrected chi connectivity index (χ1v) is 6.21. The average Bonchev–Trinajstić information content (AvgIpc) is 2.26. The fourth-order valence-corrected chi connectivity index (χ4v) is 2.07. The normalized spacial score (nSPS) is 24.9. The highest BCUT2D eigenvalue weighted by Gasteiger charge is 2.19. The molecule has 3 nitrogen and oxygen atoms in total. The maximum absolute atomic E-state index is 11.3. The number of carbonyl (C=O) groups is 1. The zero-order chi connectivity index (χ0) is 11.3. The lowest BCUT2D eigenvalue weighted by atomic mass is 9.98. The lowest BCUT2D eigenvalue weighted by Crippen LogP contribution is -2.42. The topological polar surface area (TPSA) is 32.3 Å². The number of hydrogen-bond donors (Lipinski definition) is 1. The summed E-state index contributed by atoms with van der Waals surface area (Å²) in [6.45, 7) is 8.07. The molecular weight excluding hydrogens is 212 g/mol. The number of hydrogen-bond acceptors (Lipinski definition) is 2. The summed E-state index contributed by atoms with van der Waals surface area (Å²) in [5.41, 5.74) is 0. The number of rotatable bonds is 4. The Morgan fingerprint density at radius 2 is 2.40 bits per heavy atom. The molecule has 1 amide bonds. The smallest absolute Gasteiger partial charge is 0.237 e. The van der Waals surface area contributed by atoms with Gasteiger partial charge in [0.15, 0.2) is 0 Å². The molecular formula is C11H21ClN2O. The molecule has 4 heteroatoms. The number of likely N-dealkylation sites (tertiary alicyclic amines) is 1. The standard InChI is InChI=1S/C11H21ClN2O/c1-3-14-6-4-5-10(8-14)7-13-11(15)9(2)12/h9-10H,3-8H2,1-2H3,(H,13,15). The van der Waals surface area contributed by atoms with Gasteiger partial charge in [0.1, 0.15) is 5.38 Å². The van der Waals surface area contributed by atoms with E-state index in [2.05, 4.69) is 17.1 Å². The third-order valence-electron chi connectivity index (χ3n) is 2.98. The number of carbonyl (C=O) groups excluding carboxylic acids is 1. The van der Waals surface area contributed by atoms with Gasteiger partial charge in [-0.1, -0.05) is 6.92 Å². The molecule has 15 heavy (non-hydrogen) atoms. The van der Waals surface area contributed by atoms with Gasteiger partial charge in [0.25, 0.3) is 0 Å². The van der Waals surface area contributed by atoms with Crippen molar-refractivity contribution in [2.24, 2.45) is 5.92 Å². The molecule has 1 rings (SSSR count). The fraction of sp³-hybridized carbons (Fsp3) is 0.909. The van der Waals surface area contributed by atoms with Crippen molar-refractivity contribution in [1.82, 2.24) is 10.2 Å². The van der Waals surface area contributed by atoms with Gasteiger partial charge in [0.2, 0.25) is 5.91 Å². The fourth-order valence-electron chi connectivity index (χ4n) is 1.99. The van der Waals surface area contributed by atoms with Gasteiger partial charge in [0, 0.05) is 13.1 Å². The Morgan fingerprint density at radius 1 is 1.67 bits per heavy atom. The van der Waals surface area contributed by atoms with Crippen molar-refractivity contribution < 1.29 is 4.79 Å². The largest absolute Gasteiger partial charge is 0.355 e. The van der Waals surface area contributed by atoms with Gasteiger partial charge in [-0.2, -0.15) is 0 Å². The van der Waals surface area contributed by atoms with Crippen molar-refractivity contribution in [3.8, 4) is 0 Å². The van der Waals surface area contributed by atoms with E-state index in [4.69, 9.17) is 11.6 Å². The zero-order valence-corrected chi connectivity index (χ0v) is 10.4. The Kier molecular flexibility index (Phi) is 5.40. The lowest BCUT2D eigenvalue weighted by Gasteiger charge is -2.31. The Hall–Kier alpha value is -0.280. The minimum absolute atomic E-state index is 0.0507. The van der Waals surface area contributed by atoms with Gasteiger partial charge in [-0.25, -0.2) is 0 Å². The van der Waals surface area contributed by atoms with Gasteiger partial charge in [-0.3, -0.25) is 4.79 Å². The number of amides is 1. The highest BCUT2D eigenvalue weighted by Crippen LogP contribution is 2.15. The summed E-state index contributed by atoms with van der Waals surface area (Å²) >= 11 is 5.68. The zero-order valence-electron chi connectivity index (χ0n) is 9.63. The third-order valence-corrected chi connectivity index (χ3v) is 3.17. The van der Waals surface area contributed by atoms with Crippen LogP contribution in [0.3, 0.4) is 0 Å². The quantitative estimate of drug-likeness (QED) is 0.745. The monoisotopic (exact) mass is 232 g/mol. The molecule has 2 unspecified atom stereocenters. The van der Waals surface area contributed by atoms with Crippen LogP contribution in [0.1, 0.15) is 26.7 Å². The van der Waals surface area contributed by atoms with Gasteiger partial charge >= 0.3 is 0 Å². The van der Waals surface area contributed by atoms with Crippen molar-refractivity contribution in [3.05, 3.63) is 0 Å². The lowest BCUT2D eigenvalue weighted by molar-refractivity contribution is -0.120. The van der Waals surface area contributed by atoms with Gasteiger partial charge in [0.05, 0.1) is 0 Å². The summed E-state index contributed by atoms with van der Waals surface area (Å²) < 4.78 is 0. The third kappa shape index (κ3) is 4.39. The molecule has 1 N–H and O–H groups in total. The molecule has 0 saturated carbocycles. The summed E-state index contributed by atoms with van der Waals surface area (Å²) in [5, 5.41) is 2.48. The van der Waals surface area contributed by atoms with Crippen LogP contribution in [0.5, 0.6) is 0 Å². The Bertz CT molecular complexity index is 209. The van der Waals surface area contributed by atoms with Crippen molar-refractivity contribution in [2.75, 3.05) is 26.2 Å². The van der Waals surface area contributed by atoms with E-state index in [0.717, 1.165) is 19.6 Å². The molecule has 0 aromatic heterocycles. The van der Waals surface area contributed by atoms with Crippen LogP contribution in [-0.2, 0) is 4.79 Å². The van der Waals surface area contributed by atoms with E-state index >= 15 is 0 Å². The molecule has 88 valence electrons. The predicted molar refractivity (Wildman–Crippen MR) is 63.2 cm³/mol. The van der Waals surface area contributed by atoms with E-state index in [1.807, 2.05) is 0 Å². The van der Waals surface area contributed by atoms with Crippen LogP contribution < -0.4 is 5.32 Å². The van der Waals surface area contributed by atoms with Crippen LogP contribution in [0.15, 0.2) is 0 Å². The first kappa shape index (κ1) is 12.8. The Morgan fingerprint density at radius 3 is 3.00 bits per heavy atom. The summed E-state index contributed by atoms with van der Waals surface area (Å²) in [6.07, 6.45) is 2.46. The molecule has 0 spiro atoms. The second-order valence-corrected chi connectivity index (χ2v) is 4.92. The van der Waals surface area contributed by atoms with E-state index in [-0.39, 0.29) is 5.91 Å².